The van der Waals surface area contributed by atoms with Crippen molar-refractivity contribution in [2.24, 2.45) is 0 Å². The number of hydrogen-bond acceptors (Lipinski definition) is 12. The van der Waals surface area contributed by atoms with Crippen molar-refractivity contribution in [1.82, 2.24) is 0 Å². The lowest BCUT2D eigenvalue weighted by Crippen LogP contribution is -2.77. The third-order valence-corrected chi connectivity index (χ3v) is 3.33. The van der Waals surface area contributed by atoms with E-state index in [1.165, 1.54) is 0 Å². The molecule has 7 N–H and O–H groups in total. The van der Waals surface area contributed by atoms with Crippen LogP contribution in [0.3, 0.4) is 0 Å². The van der Waals surface area contributed by atoms with Crippen molar-refractivity contribution in [1.29, 1.82) is 0 Å². The minimum Gasteiger partial charge on any atom is -0.418 e. The van der Waals surface area contributed by atoms with Gasteiger partial charge in [0.05, 0.1) is 6.61 Å². The Morgan fingerprint density at radius 3 is 1.95 bits per heavy atom. The maximum Gasteiger partial charge on any atom is 0.399 e. The first-order chi connectivity index (χ1) is 10.1. The van der Waals surface area contributed by atoms with Crippen molar-refractivity contribution >= 4 is 11.9 Å². The van der Waals surface area contributed by atoms with E-state index in [9.17, 15) is 40.2 Å². The fraction of sp³-hybridized carbons (Fsp3) is 0.800. The minimum absolute atomic E-state index is 0.979. The number of carbonyl (C=O) groups is 2. The summed E-state index contributed by atoms with van der Waals surface area (Å²) in [5.74, 6) is -10.7. The van der Waals surface area contributed by atoms with E-state index in [0.29, 0.717) is 0 Å². The van der Waals surface area contributed by atoms with Crippen molar-refractivity contribution < 1.29 is 59.5 Å². The van der Waals surface area contributed by atoms with Crippen LogP contribution < -0.4 is 0 Å². The van der Waals surface area contributed by atoms with E-state index >= 15 is 0 Å². The number of aliphatic hydroxyl groups is 7. The smallest absolute Gasteiger partial charge is 0.399 e. The molecular weight excluding hydrogens is 312 g/mol. The van der Waals surface area contributed by atoms with Crippen LogP contribution in [0.4, 0.5) is 0 Å². The molecule has 12 heteroatoms. The molecule has 0 aromatic rings. The molecule has 0 bridgehead atoms. The quantitative estimate of drug-likeness (QED) is 0.225. The Hall–Kier alpha value is -1.38. The van der Waals surface area contributed by atoms with Gasteiger partial charge in [0, 0.05) is 0 Å². The molecule has 126 valence electrons. The van der Waals surface area contributed by atoms with Crippen LogP contribution in [0, 0.1) is 0 Å². The first-order valence-electron chi connectivity index (χ1n) is 5.99. The molecule has 2 rings (SSSR count). The van der Waals surface area contributed by atoms with Gasteiger partial charge in [0.2, 0.25) is 0 Å². The van der Waals surface area contributed by atoms with E-state index in [1.54, 1.807) is 0 Å². The molecule has 0 radical (unpaired) electrons. The molecule has 2 aliphatic rings. The first kappa shape index (κ1) is 17.0. The lowest BCUT2D eigenvalue weighted by atomic mass is 9.93. The van der Waals surface area contributed by atoms with Gasteiger partial charge >= 0.3 is 23.7 Å². The lowest BCUT2D eigenvalue weighted by molar-refractivity contribution is -0.514. The highest BCUT2D eigenvalue weighted by molar-refractivity contribution is 5.86. The van der Waals surface area contributed by atoms with E-state index in [0.717, 1.165) is 0 Å². The average molecular weight is 326 g/mol. The van der Waals surface area contributed by atoms with Crippen LogP contribution in [0.2, 0.25) is 0 Å². The third-order valence-electron chi connectivity index (χ3n) is 3.33. The van der Waals surface area contributed by atoms with Gasteiger partial charge in [-0.2, -0.15) is 0 Å². The van der Waals surface area contributed by atoms with Crippen molar-refractivity contribution in [2.75, 3.05) is 6.61 Å². The van der Waals surface area contributed by atoms with Crippen LogP contribution in [-0.2, 0) is 23.8 Å². The molecule has 0 spiro atoms. The zero-order chi connectivity index (χ0) is 16.9. The van der Waals surface area contributed by atoms with E-state index in [1.807, 2.05) is 0 Å². The van der Waals surface area contributed by atoms with Gasteiger partial charge in [-0.25, -0.2) is 9.59 Å². The normalized spacial score (nSPS) is 49.5. The highest BCUT2D eigenvalue weighted by Gasteiger charge is 2.71. The van der Waals surface area contributed by atoms with E-state index in [2.05, 4.69) is 14.2 Å². The lowest BCUT2D eigenvalue weighted by Gasteiger charge is -2.50. The Kier molecular flexibility index (Phi) is 4.14. The Morgan fingerprint density at radius 2 is 1.45 bits per heavy atom. The second-order valence-electron chi connectivity index (χ2n) is 4.78. The number of rotatable bonds is 1. The number of aliphatic hydroxyl groups excluding tert-OH is 5. The molecule has 0 amide bonds. The van der Waals surface area contributed by atoms with Crippen molar-refractivity contribution in [3.63, 3.8) is 0 Å². The summed E-state index contributed by atoms with van der Waals surface area (Å²) in [6.07, 6.45) is -11.2. The Labute approximate surface area is 121 Å². The van der Waals surface area contributed by atoms with Crippen molar-refractivity contribution in [3.8, 4) is 0 Å². The Morgan fingerprint density at radius 1 is 0.955 bits per heavy atom. The summed E-state index contributed by atoms with van der Waals surface area (Å²) in [6, 6.07) is 0. The first-order valence-corrected chi connectivity index (χ1v) is 5.99. The van der Waals surface area contributed by atoms with Gasteiger partial charge in [0.15, 0.2) is 18.3 Å². The zero-order valence-corrected chi connectivity index (χ0v) is 10.8. The molecule has 2 heterocycles. The topological polar surface area (TPSA) is 203 Å². The van der Waals surface area contributed by atoms with Gasteiger partial charge in [-0.3, -0.25) is 0 Å². The standard InChI is InChI=1S/C10H14O12/c11-1-2-3(12)6(15)9(18)10(19,20-2)22-8(17)5(14)4(13)7(16)21-9/h2-6,11-15,18-19H,1H2/t2-,3-,4?,5?,6+,9-,10?/m1/s1. The number of hydrogen-bond donors (Lipinski definition) is 7. The van der Waals surface area contributed by atoms with Crippen LogP contribution in [0.25, 0.3) is 0 Å². The molecule has 0 aliphatic carbocycles. The molecule has 0 aromatic carbocycles. The summed E-state index contributed by atoms with van der Waals surface area (Å²) in [7, 11) is 0. The maximum absolute atomic E-state index is 11.5. The fourth-order valence-corrected chi connectivity index (χ4v) is 2.02. The van der Waals surface area contributed by atoms with Gasteiger partial charge in [-0.05, 0) is 0 Å². The summed E-state index contributed by atoms with van der Waals surface area (Å²) in [5, 5.41) is 67.2. The Balaban J connectivity index is 2.49. The highest BCUT2D eigenvalue weighted by atomic mass is 16.9. The van der Waals surface area contributed by atoms with Crippen LogP contribution in [0.5, 0.6) is 0 Å². The summed E-state index contributed by atoms with van der Waals surface area (Å²) < 4.78 is 13.1. The number of fused-ring (bicyclic) bond motifs is 1. The second kappa shape index (κ2) is 5.36. The van der Waals surface area contributed by atoms with Crippen LogP contribution in [0.1, 0.15) is 0 Å². The van der Waals surface area contributed by atoms with Gasteiger partial charge in [0.25, 0.3) is 0 Å². The summed E-state index contributed by atoms with van der Waals surface area (Å²) in [4.78, 5) is 23.0. The molecule has 2 aliphatic heterocycles. The predicted molar refractivity (Wildman–Crippen MR) is 58.1 cm³/mol. The number of esters is 2. The van der Waals surface area contributed by atoms with Crippen LogP contribution >= 0.6 is 0 Å². The molecule has 7 atom stereocenters. The molecule has 0 saturated carbocycles. The maximum atomic E-state index is 11.5. The monoisotopic (exact) mass is 326 g/mol. The van der Waals surface area contributed by atoms with E-state index in [4.69, 9.17) is 5.11 Å². The van der Waals surface area contributed by atoms with E-state index < -0.39 is 60.8 Å². The van der Waals surface area contributed by atoms with Crippen LogP contribution in [0.15, 0.2) is 0 Å². The molecule has 0 aromatic heterocycles. The van der Waals surface area contributed by atoms with Gasteiger partial charge in [-0.15, -0.1) is 0 Å². The van der Waals surface area contributed by atoms with Gasteiger partial charge in [-0.1, -0.05) is 0 Å². The molecular formula is C10H14O12. The van der Waals surface area contributed by atoms with Crippen LogP contribution in [-0.4, -0.2) is 96.6 Å². The Bertz CT molecular complexity index is 481. The summed E-state index contributed by atoms with van der Waals surface area (Å²) in [6.45, 7) is -0.979. The second-order valence-corrected chi connectivity index (χ2v) is 4.78. The predicted octanol–water partition coefficient (Wildman–Crippen LogP) is -5.74. The van der Waals surface area contributed by atoms with Gasteiger partial charge in [0.1, 0.15) is 12.2 Å². The fourth-order valence-electron chi connectivity index (χ4n) is 2.02. The summed E-state index contributed by atoms with van der Waals surface area (Å²) in [5.41, 5.74) is 0. The van der Waals surface area contributed by atoms with Crippen molar-refractivity contribution in [2.45, 2.75) is 42.3 Å². The minimum atomic E-state index is -3.55. The zero-order valence-electron chi connectivity index (χ0n) is 10.8. The van der Waals surface area contributed by atoms with E-state index in [-0.39, 0.29) is 0 Å². The van der Waals surface area contributed by atoms with Gasteiger partial charge < -0.3 is 50.0 Å². The molecule has 2 fully saturated rings. The number of carbonyl (C=O) groups excluding carboxylic acids is 2. The highest BCUT2D eigenvalue weighted by Crippen LogP contribution is 2.40. The SMILES string of the molecule is O=C1OC2(O)O[C@H](CO)[C@@H](O)[C@H](O)[C@@]2(O)OC(=O)C(O)C1O. The molecule has 3 unspecified atom stereocenters. The average Bonchev–Trinajstić information content (AvgIpc) is 2.47. The van der Waals surface area contributed by atoms with Crippen molar-refractivity contribution in [3.05, 3.63) is 0 Å². The third kappa shape index (κ3) is 2.26. The largest absolute Gasteiger partial charge is 0.418 e. The summed E-state index contributed by atoms with van der Waals surface area (Å²) >= 11 is 0. The molecule has 12 nitrogen and oxygen atoms in total. The molecule has 22 heavy (non-hydrogen) atoms. The molecule has 2 saturated heterocycles. The number of ether oxygens (including phenoxy) is 3.